The molecule has 1 aromatic rings. The summed E-state index contributed by atoms with van der Waals surface area (Å²) in [6.07, 6.45) is 1.51. The Kier molecular flexibility index (Phi) is 2.81. The second kappa shape index (κ2) is 4.26. The van der Waals surface area contributed by atoms with Crippen molar-refractivity contribution >= 4 is 11.5 Å². The molecule has 0 spiro atoms. The van der Waals surface area contributed by atoms with Gasteiger partial charge >= 0.3 is 5.97 Å². The van der Waals surface area contributed by atoms with Crippen molar-refractivity contribution in [2.24, 2.45) is 0 Å². The lowest BCUT2D eigenvalue weighted by Crippen LogP contribution is -2.03. The van der Waals surface area contributed by atoms with Crippen molar-refractivity contribution in [2.45, 2.75) is 12.8 Å². The van der Waals surface area contributed by atoms with Gasteiger partial charge in [-0.15, -0.1) is 0 Å². The number of ether oxygens (including phenoxy) is 1. The van der Waals surface area contributed by atoms with Gasteiger partial charge in [-0.2, -0.15) is 0 Å². The first-order chi connectivity index (χ1) is 7.68. The lowest BCUT2D eigenvalue weighted by molar-refractivity contribution is -0.130. The predicted molar refractivity (Wildman–Crippen MR) is 57.8 cm³/mol. The van der Waals surface area contributed by atoms with E-state index in [-0.39, 0.29) is 11.3 Å². The third kappa shape index (κ3) is 2.00. The lowest BCUT2D eigenvalue weighted by Gasteiger charge is -2.07. The van der Waals surface area contributed by atoms with Crippen LogP contribution in [0, 0.1) is 0 Å². The van der Waals surface area contributed by atoms with Crippen molar-refractivity contribution in [2.75, 3.05) is 6.61 Å². The molecule has 16 heavy (non-hydrogen) atoms. The normalized spacial score (nSPS) is 18.0. The number of carboxylic acid groups (broad SMARTS) is 1. The quantitative estimate of drug-likeness (QED) is 0.748. The van der Waals surface area contributed by atoms with Gasteiger partial charge in [0, 0.05) is 6.42 Å². The van der Waals surface area contributed by atoms with Crippen LogP contribution in [0.25, 0.3) is 5.57 Å². The summed E-state index contributed by atoms with van der Waals surface area (Å²) in [5, 5.41) is 18.3. The van der Waals surface area contributed by atoms with E-state index < -0.39 is 5.97 Å². The second-order valence-corrected chi connectivity index (χ2v) is 3.60. The van der Waals surface area contributed by atoms with Gasteiger partial charge in [-0.1, -0.05) is 12.1 Å². The van der Waals surface area contributed by atoms with Gasteiger partial charge in [0.1, 0.15) is 17.1 Å². The summed E-state index contributed by atoms with van der Waals surface area (Å²) in [4.78, 5) is 11.2. The van der Waals surface area contributed by atoms with Gasteiger partial charge in [-0.25, -0.2) is 4.79 Å². The highest BCUT2D eigenvalue weighted by Crippen LogP contribution is 2.28. The molecule has 1 heterocycles. The topological polar surface area (TPSA) is 66.8 Å². The van der Waals surface area contributed by atoms with Gasteiger partial charge in [-0.3, -0.25) is 0 Å². The van der Waals surface area contributed by atoms with Crippen LogP contribution in [-0.2, 0) is 9.53 Å². The number of carboxylic acids is 1. The molecule has 1 aliphatic heterocycles. The molecule has 0 aromatic heterocycles. The molecule has 4 heteroatoms. The van der Waals surface area contributed by atoms with Gasteiger partial charge in [0.25, 0.3) is 0 Å². The summed E-state index contributed by atoms with van der Waals surface area (Å²) >= 11 is 0. The number of aliphatic carboxylic acids is 1. The van der Waals surface area contributed by atoms with Gasteiger partial charge in [-0.05, 0) is 24.1 Å². The predicted octanol–water partition coefficient (Wildman–Crippen LogP) is 2.00. The Morgan fingerprint density at radius 1 is 1.25 bits per heavy atom. The molecule has 0 unspecified atom stereocenters. The maximum Gasteiger partial charge on any atom is 0.339 e. The summed E-state index contributed by atoms with van der Waals surface area (Å²) in [5.74, 6) is -0.355. The van der Waals surface area contributed by atoms with Gasteiger partial charge in [0.05, 0.1) is 6.61 Å². The van der Waals surface area contributed by atoms with Crippen LogP contribution in [0.1, 0.15) is 18.4 Å². The minimum absolute atomic E-state index is 0.117. The van der Waals surface area contributed by atoms with Crippen molar-refractivity contribution in [3.8, 4) is 5.75 Å². The molecule has 4 nitrogen and oxygen atoms in total. The van der Waals surface area contributed by atoms with Crippen LogP contribution in [-0.4, -0.2) is 22.8 Å². The Morgan fingerprint density at radius 2 is 1.94 bits per heavy atom. The average molecular weight is 220 g/mol. The highest BCUT2D eigenvalue weighted by molar-refractivity contribution is 6.16. The van der Waals surface area contributed by atoms with E-state index in [1.165, 1.54) is 12.1 Å². The summed E-state index contributed by atoms with van der Waals surface area (Å²) < 4.78 is 5.30. The molecule has 2 N–H and O–H groups in total. The van der Waals surface area contributed by atoms with E-state index >= 15 is 0 Å². The molecule has 1 saturated heterocycles. The fourth-order valence-electron chi connectivity index (χ4n) is 1.73. The van der Waals surface area contributed by atoms with E-state index in [2.05, 4.69) is 0 Å². The zero-order valence-electron chi connectivity index (χ0n) is 8.64. The van der Waals surface area contributed by atoms with Crippen LogP contribution in [0.4, 0.5) is 0 Å². The minimum atomic E-state index is -0.998. The van der Waals surface area contributed by atoms with E-state index in [1.807, 2.05) is 0 Å². The number of hydrogen-bond donors (Lipinski definition) is 2. The minimum Gasteiger partial charge on any atom is -0.508 e. The van der Waals surface area contributed by atoms with Crippen molar-refractivity contribution < 1.29 is 19.7 Å². The van der Waals surface area contributed by atoms with Crippen LogP contribution in [0.15, 0.2) is 30.0 Å². The molecule has 1 aliphatic rings. The number of allylic oxidation sites excluding steroid dienone is 1. The highest BCUT2D eigenvalue weighted by atomic mass is 16.5. The Labute approximate surface area is 92.8 Å². The zero-order chi connectivity index (χ0) is 11.5. The van der Waals surface area contributed by atoms with Crippen LogP contribution in [0.2, 0.25) is 0 Å². The summed E-state index contributed by atoms with van der Waals surface area (Å²) in [6, 6.07) is 6.09. The van der Waals surface area contributed by atoms with Crippen LogP contribution in [0.3, 0.4) is 0 Å². The van der Waals surface area contributed by atoms with E-state index in [1.54, 1.807) is 12.1 Å². The molecule has 0 atom stereocenters. The SMILES string of the molecule is O=C(O)/C(=C1\CCCO1)c1ccc(O)cc1. The number of aromatic hydroxyl groups is 1. The summed E-state index contributed by atoms with van der Waals surface area (Å²) in [6.45, 7) is 0.574. The third-order valence-electron chi connectivity index (χ3n) is 2.47. The maximum atomic E-state index is 11.2. The standard InChI is InChI=1S/C12H12O4/c13-9-5-3-8(4-6-9)11(12(14)15)10-2-1-7-16-10/h3-6,13H,1-2,7H2,(H,14,15)/b11-10+. The number of benzene rings is 1. The largest absolute Gasteiger partial charge is 0.508 e. The van der Waals surface area contributed by atoms with Crippen molar-refractivity contribution in [3.05, 3.63) is 35.6 Å². The van der Waals surface area contributed by atoms with E-state index in [4.69, 9.17) is 14.9 Å². The van der Waals surface area contributed by atoms with Crippen LogP contribution >= 0.6 is 0 Å². The molecule has 0 radical (unpaired) electrons. The van der Waals surface area contributed by atoms with Crippen molar-refractivity contribution in [3.63, 3.8) is 0 Å². The molecule has 0 saturated carbocycles. The van der Waals surface area contributed by atoms with E-state index in [9.17, 15) is 4.79 Å². The molecule has 1 aromatic carbocycles. The molecule has 0 aliphatic carbocycles. The van der Waals surface area contributed by atoms with Crippen LogP contribution < -0.4 is 0 Å². The van der Waals surface area contributed by atoms with Crippen molar-refractivity contribution in [1.29, 1.82) is 0 Å². The van der Waals surface area contributed by atoms with Crippen LogP contribution in [0.5, 0.6) is 5.75 Å². The maximum absolute atomic E-state index is 11.2. The first-order valence-corrected chi connectivity index (χ1v) is 5.07. The molecule has 0 amide bonds. The van der Waals surface area contributed by atoms with E-state index in [0.29, 0.717) is 24.4 Å². The lowest BCUT2D eigenvalue weighted by atomic mass is 10.0. The fourth-order valence-corrected chi connectivity index (χ4v) is 1.73. The molecular formula is C12H12O4. The summed E-state index contributed by atoms with van der Waals surface area (Å²) in [5.41, 5.74) is 0.750. The summed E-state index contributed by atoms with van der Waals surface area (Å²) in [7, 11) is 0. The third-order valence-corrected chi connectivity index (χ3v) is 2.47. The van der Waals surface area contributed by atoms with Gasteiger partial charge in [0.2, 0.25) is 0 Å². The Bertz CT molecular complexity index is 423. The number of phenols is 1. The number of rotatable bonds is 2. The molecular weight excluding hydrogens is 208 g/mol. The second-order valence-electron chi connectivity index (χ2n) is 3.60. The monoisotopic (exact) mass is 220 g/mol. The Morgan fingerprint density at radius 3 is 2.44 bits per heavy atom. The molecule has 1 fully saturated rings. The number of carbonyl (C=O) groups is 1. The average Bonchev–Trinajstić information content (AvgIpc) is 2.74. The molecule has 84 valence electrons. The molecule has 2 rings (SSSR count). The first kappa shape index (κ1) is 10.5. The Balaban J connectivity index is 2.44. The fraction of sp³-hybridized carbons (Fsp3) is 0.250. The van der Waals surface area contributed by atoms with Gasteiger partial charge < -0.3 is 14.9 Å². The number of phenolic OH excluding ortho intramolecular Hbond substituents is 1. The smallest absolute Gasteiger partial charge is 0.339 e. The number of hydrogen-bond acceptors (Lipinski definition) is 3. The van der Waals surface area contributed by atoms with Gasteiger partial charge in [0.15, 0.2) is 0 Å². The Hall–Kier alpha value is -1.97. The highest BCUT2D eigenvalue weighted by Gasteiger charge is 2.21. The first-order valence-electron chi connectivity index (χ1n) is 5.07. The van der Waals surface area contributed by atoms with Crippen molar-refractivity contribution in [1.82, 2.24) is 0 Å². The molecule has 0 bridgehead atoms. The zero-order valence-corrected chi connectivity index (χ0v) is 8.64. The van der Waals surface area contributed by atoms with E-state index in [0.717, 1.165) is 6.42 Å².